The molecule has 2 rings (SSSR count). The number of hydrogen-bond acceptors (Lipinski definition) is 4. The fourth-order valence-corrected chi connectivity index (χ4v) is 2.69. The number of alkyl halides is 3. The van der Waals surface area contributed by atoms with E-state index in [2.05, 4.69) is 4.74 Å². The van der Waals surface area contributed by atoms with Crippen molar-refractivity contribution in [3.05, 3.63) is 29.3 Å². The van der Waals surface area contributed by atoms with Gasteiger partial charge in [-0.2, -0.15) is 13.2 Å². The number of ether oxygens (including phenoxy) is 2. The van der Waals surface area contributed by atoms with E-state index >= 15 is 0 Å². The van der Waals surface area contributed by atoms with E-state index in [4.69, 9.17) is 22.1 Å². The van der Waals surface area contributed by atoms with Gasteiger partial charge in [-0.1, -0.05) is 11.6 Å². The van der Waals surface area contributed by atoms with Crippen molar-refractivity contribution in [1.29, 1.82) is 0 Å². The highest BCUT2D eigenvalue weighted by atomic mass is 35.5. The predicted molar refractivity (Wildman–Crippen MR) is 89.3 cm³/mol. The molecule has 1 aliphatic rings. The van der Waals surface area contributed by atoms with Crippen LogP contribution < -0.4 is 10.5 Å². The molecule has 1 aromatic carbocycles. The normalized spacial score (nSPS) is 19.6. The van der Waals surface area contributed by atoms with Crippen molar-refractivity contribution in [3.8, 4) is 5.75 Å². The molecule has 0 aromatic heterocycles. The van der Waals surface area contributed by atoms with Crippen LogP contribution in [0.4, 0.5) is 18.0 Å². The zero-order valence-electron chi connectivity index (χ0n) is 13.2. The van der Waals surface area contributed by atoms with Gasteiger partial charge in [0.05, 0.1) is 0 Å². The third-order valence-electron chi connectivity index (χ3n) is 3.63. The topological polar surface area (TPSA) is 64.8 Å². The summed E-state index contributed by atoms with van der Waals surface area (Å²) in [4.78, 5) is 12.2. The molecule has 10 heteroatoms. The molecule has 1 amide bonds. The maximum Gasteiger partial charge on any atom is 0.426 e. The Morgan fingerprint density at radius 3 is 2.56 bits per heavy atom. The van der Waals surface area contributed by atoms with Gasteiger partial charge in [0.2, 0.25) is 6.10 Å². The lowest BCUT2D eigenvalue weighted by molar-refractivity contribution is -0.208. The summed E-state index contributed by atoms with van der Waals surface area (Å²) >= 11 is 5.80. The molecule has 5 nitrogen and oxygen atoms in total. The first kappa shape index (κ1) is 21.7. The zero-order valence-corrected chi connectivity index (χ0v) is 14.7. The summed E-state index contributed by atoms with van der Waals surface area (Å²) in [5, 5.41) is 0.573. The maximum atomic E-state index is 12.9. The second-order valence-corrected chi connectivity index (χ2v) is 6.00. The molecule has 2 atom stereocenters. The van der Waals surface area contributed by atoms with Crippen LogP contribution in [-0.2, 0) is 4.74 Å². The van der Waals surface area contributed by atoms with Crippen LogP contribution in [0, 0.1) is 0 Å². The number of halogens is 5. The quantitative estimate of drug-likeness (QED) is 0.816. The molecule has 0 saturated carbocycles. The Morgan fingerprint density at radius 1 is 1.36 bits per heavy atom. The van der Waals surface area contributed by atoms with Crippen LogP contribution in [0.2, 0.25) is 5.02 Å². The van der Waals surface area contributed by atoms with Crippen LogP contribution >= 0.6 is 24.0 Å². The molecule has 1 heterocycles. The van der Waals surface area contributed by atoms with E-state index < -0.39 is 24.9 Å². The van der Waals surface area contributed by atoms with Gasteiger partial charge in [-0.15, -0.1) is 12.4 Å². The lowest BCUT2D eigenvalue weighted by Crippen LogP contribution is -2.49. The van der Waals surface area contributed by atoms with Crippen LogP contribution in [0.25, 0.3) is 0 Å². The average Bonchev–Trinajstić information content (AvgIpc) is 2.48. The number of carbonyl (C=O) groups excluding carboxylic acids is 1. The monoisotopic (exact) mass is 402 g/mol. The first-order valence-corrected chi connectivity index (χ1v) is 7.79. The van der Waals surface area contributed by atoms with Crippen molar-refractivity contribution in [2.45, 2.75) is 31.2 Å². The Morgan fingerprint density at radius 2 is 2.00 bits per heavy atom. The molecule has 0 radical (unpaired) electrons. The highest BCUT2D eigenvalue weighted by molar-refractivity contribution is 6.30. The lowest BCUT2D eigenvalue weighted by atomic mass is 10.1. The number of nitrogens with two attached hydrogens (primary N) is 1. The van der Waals surface area contributed by atoms with Crippen LogP contribution in [0.15, 0.2) is 24.3 Å². The Bertz CT molecular complexity index is 558. The van der Waals surface area contributed by atoms with E-state index in [0.717, 1.165) is 6.42 Å². The highest BCUT2D eigenvalue weighted by Crippen LogP contribution is 2.26. The zero-order chi connectivity index (χ0) is 17.7. The van der Waals surface area contributed by atoms with Crippen LogP contribution in [0.5, 0.6) is 5.75 Å². The standard InChI is InChI=1S/C15H18ClF3N2O3.ClH/c16-10-3-5-11(6-4-10)23-12-2-1-7-21(8-12)9-13(15(17,18)19)24-14(20)22;/h3-6,12-13H,1-2,7-9H2,(H2,20,22);1H/t12-,13-;/m0./s1. The van der Waals surface area contributed by atoms with E-state index in [-0.39, 0.29) is 18.5 Å². The maximum absolute atomic E-state index is 12.9. The second kappa shape index (κ2) is 9.35. The van der Waals surface area contributed by atoms with E-state index in [1.165, 1.54) is 0 Å². The predicted octanol–water partition coefficient (Wildman–Crippen LogP) is 3.63. The molecular weight excluding hydrogens is 384 g/mol. The van der Waals surface area contributed by atoms with Gasteiger partial charge in [0, 0.05) is 18.1 Å². The minimum atomic E-state index is -4.67. The Kier molecular flexibility index (Phi) is 8.11. The number of primary amides is 1. The van der Waals surface area contributed by atoms with Crippen molar-refractivity contribution >= 4 is 30.1 Å². The second-order valence-electron chi connectivity index (χ2n) is 5.56. The van der Waals surface area contributed by atoms with Crippen molar-refractivity contribution in [3.63, 3.8) is 0 Å². The SMILES string of the molecule is Cl.NC(=O)O[C@@H](CN1CCC[C@H](Oc2ccc(Cl)cc2)C1)C(F)(F)F. The van der Waals surface area contributed by atoms with E-state index in [9.17, 15) is 18.0 Å². The molecule has 0 bridgehead atoms. The lowest BCUT2D eigenvalue weighted by Gasteiger charge is -2.35. The smallest absolute Gasteiger partial charge is 0.426 e. The first-order chi connectivity index (χ1) is 11.2. The summed E-state index contributed by atoms with van der Waals surface area (Å²) < 4.78 is 48.7. The van der Waals surface area contributed by atoms with Gasteiger partial charge in [0.1, 0.15) is 11.9 Å². The van der Waals surface area contributed by atoms with Gasteiger partial charge in [0.25, 0.3) is 0 Å². The molecule has 1 fully saturated rings. The van der Waals surface area contributed by atoms with Crippen LogP contribution in [0.1, 0.15) is 12.8 Å². The summed E-state index contributed by atoms with van der Waals surface area (Å²) in [5.74, 6) is 0.604. The van der Waals surface area contributed by atoms with Gasteiger partial charge < -0.3 is 15.2 Å². The molecule has 1 aromatic rings. The largest absolute Gasteiger partial charge is 0.489 e. The van der Waals surface area contributed by atoms with Gasteiger partial charge >= 0.3 is 12.3 Å². The summed E-state index contributed by atoms with van der Waals surface area (Å²) in [6.07, 6.45) is -7.19. The Labute approximate surface area is 154 Å². The van der Waals surface area contributed by atoms with E-state index in [0.29, 0.717) is 30.3 Å². The van der Waals surface area contributed by atoms with Gasteiger partial charge in [-0.3, -0.25) is 4.90 Å². The van der Waals surface area contributed by atoms with Crippen molar-refractivity contribution in [2.24, 2.45) is 5.73 Å². The molecular formula is C15H19Cl2F3N2O3. The minimum Gasteiger partial charge on any atom is -0.489 e. The summed E-state index contributed by atoms with van der Waals surface area (Å²) in [6, 6.07) is 6.77. The highest BCUT2D eigenvalue weighted by Gasteiger charge is 2.44. The van der Waals surface area contributed by atoms with Crippen molar-refractivity contribution in [2.75, 3.05) is 19.6 Å². The molecule has 142 valence electrons. The third kappa shape index (κ3) is 7.17. The molecule has 0 spiro atoms. The number of carbonyl (C=O) groups is 1. The van der Waals surface area contributed by atoms with Crippen LogP contribution in [-0.4, -0.2) is 49.0 Å². The number of benzene rings is 1. The minimum absolute atomic E-state index is 0. The van der Waals surface area contributed by atoms with Crippen molar-refractivity contribution < 1.29 is 27.4 Å². The number of nitrogens with zero attached hydrogens (tertiary/aromatic N) is 1. The number of piperidine rings is 1. The number of likely N-dealkylation sites (tertiary alicyclic amines) is 1. The van der Waals surface area contributed by atoms with E-state index in [1.807, 2.05) is 0 Å². The Hall–Kier alpha value is -1.38. The molecule has 25 heavy (non-hydrogen) atoms. The molecule has 2 N–H and O–H groups in total. The summed E-state index contributed by atoms with van der Waals surface area (Å²) in [5.41, 5.74) is 4.72. The van der Waals surface area contributed by atoms with Gasteiger partial charge in [-0.25, -0.2) is 4.79 Å². The molecule has 0 unspecified atom stereocenters. The summed E-state index contributed by atoms with van der Waals surface area (Å²) in [7, 11) is 0. The number of hydrogen-bond donors (Lipinski definition) is 1. The fourth-order valence-electron chi connectivity index (χ4n) is 2.56. The van der Waals surface area contributed by atoms with Gasteiger partial charge in [-0.05, 0) is 43.7 Å². The van der Waals surface area contributed by atoms with Crippen LogP contribution in [0.3, 0.4) is 0 Å². The number of amides is 1. The third-order valence-corrected chi connectivity index (χ3v) is 3.88. The summed E-state index contributed by atoms with van der Waals surface area (Å²) in [6.45, 7) is 0.305. The molecule has 1 saturated heterocycles. The first-order valence-electron chi connectivity index (χ1n) is 7.41. The number of rotatable bonds is 5. The fraction of sp³-hybridized carbons (Fsp3) is 0.533. The molecule has 1 aliphatic heterocycles. The van der Waals surface area contributed by atoms with Gasteiger partial charge in [0.15, 0.2) is 0 Å². The molecule has 0 aliphatic carbocycles. The van der Waals surface area contributed by atoms with E-state index in [1.54, 1.807) is 29.2 Å². The van der Waals surface area contributed by atoms with Crippen molar-refractivity contribution in [1.82, 2.24) is 4.90 Å². The Balaban J connectivity index is 0.00000312. The average molecular weight is 403 g/mol.